The van der Waals surface area contributed by atoms with Crippen LogP contribution >= 0.6 is 15.9 Å². The molecule has 0 aromatic heterocycles. The first-order valence-electron chi connectivity index (χ1n) is 6.84. The third kappa shape index (κ3) is 3.70. The van der Waals surface area contributed by atoms with Crippen molar-refractivity contribution >= 4 is 37.6 Å². The number of anilines is 1. The summed E-state index contributed by atoms with van der Waals surface area (Å²) in [6.45, 7) is 1.64. The summed E-state index contributed by atoms with van der Waals surface area (Å²) in [5, 5.41) is 0. The number of benzene rings is 2. The van der Waals surface area contributed by atoms with Crippen molar-refractivity contribution < 1.29 is 22.7 Å². The van der Waals surface area contributed by atoms with Gasteiger partial charge in [0.15, 0.2) is 0 Å². The van der Waals surface area contributed by atoms with Gasteiger partial charge in [-0.3, -0.25) is 4.72 Å². The fourth-order valence-corrected chi connectivity index (χ4v) is 3.97. The van der Waals surface area contributed by atoms with Crippen LogP contribution < -0.4 is 9.46 Å². The van der Waals surface area contributed by atoms with Crippen LogP contribution in [0.4, 0.5) is 5.69 Å². The van der Waals surface area contributed by atoms with E-state index in [2.05, 4.69) is 20.7 Å². The van der Waals surface area contributed by atoms with E-state index < -0.39 is 16.0 Å². The Labute approximate surface area is 149 Å². The van der Waals surface area contributed by atoms with E-state index in [-0.39, 0.29) is 10.6 Å². The molecule has 0 unspecified atom stereocenters. The number of hydrogen-bond donors (Lipinski definition) is 1. The van der Waals surface area contributed by atoms with Gasteiger partial charge < -0.3 is 9.47 Å². The molecule has 2 aromatic carbocycles. The molecule has 0 heterocycles. The van der Waals surface area contributed by atoms with Crippen molar-refractivity contribution in [2.45, 2.75) is 11.8 Å². The third-order valence-corrected chi connectivity index (χ3v) is 5.28. The largest absolute Gasteiger partial charge is 0.495 e. The maximum Gasteiger partial charge on any atom is 0.338 e. The quantitative estimate of drug-likeness (QED) is 0.759. The molecule has 2 aromatic rings. The van der Waals surface area contributed by atoms with Crippen molar-refractivity contribution in [2.75, 3.05) is 18.9 Å². The van der Waals surface area contributed by atoms with Gasteiger partial charge in [0.1, 0.15) is 10.6 Å². The van der Waals surface area contributed by atoms with Gasteiger partial charge in [0.2, 0.25) is 0 Å². The van der Waals surface area contributed by atoms with E-state index in [1.165, 1.54) is 20.3 Å². The van der Waals surface area contributed by atoms with Gasteiger partial charge in [-0.15, -0.1) is 0 Å². The lowest BCUT2D eigenvalue weighted by atomic mass is 10.1. The van der Waals surface area contributed by atoms with Crippen molar-refractivity contribution in [3.8, 4) is 5.75 Å². The zero-order valence-electron chi connectivity index (χ0n) is 13.3. The van der Waals surface area contributed by atoms with Crippen LogP contribution in [0, 0.1) is 6.92 Å². The summed E-state index contributed by atoms with van der Waals surface area (Å²) < 4.78 is 38.3. The monoisotopic (exact) mass is 413 g/mol. The van der Waals surface area contributed by atoms with Crippen LogP contribution in [0.25, 0.3) is 0 Å². The van der Waals surface area contributed by atoms with Gasteiger partial charge in [0.05, 0.1) is 25.5 Å². The van der Waals surface area contributed by atoms with E-state index in [9.17, 15) is 13.2 Å². The van der Waals surface area contributed by atoms with Crippen molar-refractivity contribution in [3.05, 3.63) is 52.0 Å². The smallest absolute Gasteiger partial charge is 0.338 e. The third-order valence-electron chi connectivity index (χ3n) is 3.40. The van der Waals surface area contributed by atoms with Crippen LogP contribution in [0.2, 0.25) is 0 Å². The Morgan fingerprint density at radius 2 is 1.88 bits per heavy atom. The molecule has 24 heavy (non-hydrogen) atoms. The molecule has 6 nitrogen and oxygen atoms in total. The van der Waals surface area contributed by atoms with Crippen LogP contribution in [-0.4, -0.2) is 28.6 Å². The fourth-order valence-electron chi connectivity index (χ4n) is 2.14. The molecule has 0 aliphatic carbocycles. The van der Waals surface area contributed by atoms with Gasteiger partial charge in [0, 0.05) is 4.47 Å². The minimum Gasteiger partial charge on any atom is -0.495 e. The molecule has 128 valence electrons. The Hall–Kier alpha value is -2.06. The first-order valence-corrected chi connectivity index (χ1v) is 9.12. The summed E-state index contributed by atoms with van der Waals surface area (Å²) >= 11 is 3.25. The second kappa shape index (κ2) is 7.23. The van der Waals surface area contributed by atoms with E-state index >= 15 is 0 Å². The van der Waals surface area contributed by atoms with Gasteiger partial charge in [0.25, 0.3) is 10.0 Å². The molecule has 1 N–H and O–H groups in total. The molecule has 0 spiro atoms. The topological polar surface area (TPSA) is 81.7 Å². The number of rotatable bonds is 5. The molecule has 0 bridgehead atoms. The average Bonchev–Trinajstić information content (AvgIpc) is 2.56. The van der Waals surface area contributed by atoms with Gasteiger partial charge in [-0.25, -0.2) is 13.2 Å². The SMILES string of the molecule is COC(=O)c1cccc(NS(=O)(=O)c2cc(Br)ccc2OC)c1C. The lowest BCUT2D eigenvalue weighted by Gasteiger charge is -2.15. The molecular weight excluding hydrogens is 398 g/mol. The highest BCUT2D eigenvalue weighted by Gasteiger charge is 2.22. The number of methoxy groups -OCH3 is 2. The predicted molar refractivity (Wildman–Crippen MR) is 94.0 cm³/mol. The van der Waals surface area contributed by atoms with Crippen LogP contribution in [0.3, 0.4) is 0 Å². The molecule has 0 aliphatic heterocycles. The summed E-state index contributed by atoms with van der Waals surface area (Å²) in [7, 11) is -1.24. The minimum atomic E-state index is -3.91. The van der Waals surface area contributed by atoms with Crippen molar-refractivity contribution in [3.63, 3.8) is 0 Å². The highest BCUT2D eigenvalue weighted by molar-refractivity contribution is 9.10. The van der Waals surface area contributed by atoms with Crippen molar-refractivity contribution in [1.82, 2.24) is 0 Å². The van der Waals surface area contributed by atoms with E-state index in [1.54, 1.807) is 37.3 Å². The number of carbonyl (C=O) groups excluding carboxylic acids is 1. The molecule has 0 fully saturated rings. The fraction of sp³-hybridized carbons (Fsp3) is 0.188. The molecule has 0 radical (unpaired) electrons. The minimum absolute atomic E-state index is 0.0118. The summed E-state index contributed by atoms with van der Waals surface area (Å²) in [5.41, 5.74) is 1.06. The lowest BCUT2D eigenvalue weighted by Crippen LogP contribution is -2.16. The zero-order valence-corrected chi connectivity index (χ0v) is 15.7. The predicted octanol–water partition coefficient (Wildman–Crippen LogP) is 3.35. The van der Waals surface area contributed by atoms with E-state index in [1.807, 2.05) is 0 Å². The van der Waals surface area contributed by atoms with E-state index in [0.29, 0.717) is 21.3 Å². The Kier molecular flexibility index (Phi) is 5.51. The van der Waals surface area contributed by atoms with Gasteiger partial charge >= 0.3 is 5.97 Å². The maximum atomic E-state index is 12.7. The molecule has 8 heteroatoms. The molecule has 0 atom stereocenters. The number of ether oxygens (including phenoxy) is 2. The zero-order chi connectivity index (χ0) is 17.9. The summed E-state index contributed by atoms with van der Waals surface area (Å²) in [5.74, 6) is -0.318. The Morgan fingerprint density at radius 1 is 1.17 bits per heavy atom. The second-order valence-corrected chi connectivity index (χ2v) is 7.44. The van der Waals surface area contributed by atoms with E-state index in [0.717, 1.165) is 0 Å². The van der Waals surface area contributed by atoms with E-state index in [4.69, 9.17) is 9.47 Å². The number of sulfonamides is 1. The van der Waals surface area contributed by atoms with Crippen LogP contribution in [0.1, 0.15) is 15.9 Å². The number of esters is 1. The second-order valence-electron chi connectivity index (χ2n) is 4.87. The Balaban J connectivity index is 2.48. The van der Waals surface area contributed by atoms with Crippen LogP contribution in [-0.2, 0) is 14.8 Å². The first-order chi connectivity index (χ1) is 11.3. The highest BCUT2D eigenvalue weighted by Crippen LogP contribution is 2.30. The number of nitrogens with one attached hydrogen (secondary N) is 1. The van der Waals surface area contributed by atoms with Gasteiger partial charge in [-0.1, -0.05) is 22.0 Å². The highest BCUT2D eigenvalue weighted by atomic mass is 79.9. The van der Waals surface area contributed by atoms with Crippen molar-refractivity contribution in [2.24, 2.45) is 0 Å². The van der Waals surface area contributed by atoms with Crippen LogP contribution in [0.5, 0.6) is 5.75 Å². The summed E-state index contributed by atoms with van der Waals surface area (Å²) in [4.78, 5) is 11.7. The standard InChI is InChI=1S/C16H16BrNO5S/c1-10-12(16(19)23-3)5-4-6-13(10)18-24(20,21)15-9-11(17)7-8-14(15)22-2/h4-9,18H,1-3H3. The molecule has 2 rings (SSSR count). The summed E-state index contributed by atoms with van der Waals surface area (Å²) in [6, 6.07) is 9.40. The lowest BCUT2D eigenvalue weighted by molar-refractivity contribution is 0.0600. The Morgan fingerprint density at radius 3 is 2.50 bits per heavy atom. The molecule has 0 saturated carbocycles. The molecular formula is C16H16BrNO5S. The maximum absolute atomic E-state index is 12.7. The summed E-state index contributed by atoms with van der Waals surface area (Å²) in [6.07, 6.45) is 0. The normalized spacial score (nSPS) is 11.0. The average molecular weight is 414 g/mol. The molecule has 0 amide bonds. The van der Waals surface area contributed by atoms with Gasteiger partial charge in [-0.2, -0.15) is 0 Å². The van der Waals surface area contributed by atoms with Gasteiger partial charge in [-0.05, 0) is 42.8 Å². The molecule has 0 saturated heterocycles. The first kappa shape index (κ1) is 18.3. The molecule has 0 aliphatic rings. The number of halogens is 1. The number of carbonyl (C=O) groups is 1. The number of hydrogen-bond acceptors (Lipinski definition) is 5. The van der Waals surface area contributed by atoms with Crippen LogP contribution in [0.15, 0.2) is 45.8 Å². The van der Waals surface area contributed by atoms with Crippen molar-refractivity contribution in [1.29, 1.82) is 0 Å². The Bertz CT molecular complexity index is 880.